The van der Waals surface area contributed by atoms with Gasteiger partial charge in [-0.15, -0.1) is 0 Å². The van der Waals surface area contributed by atoms with Crippen LogP contribution >= 0.6 is 0 Å². The number of benzene rings is 1. The first-order chi connectivity index (χ1) is 11.7. The smallest absolute Gasteiger partial charge is 0.337 e. The average Bonchev–Trinajstić information content (AvgIpc) is 2.67. The van der Waals surface area contributed by atoms with E-state index in [-0.39, 0.29) is 11.9 Å². The van der Waals surface area contributed by atoms with Gasteiger partial charge in [0.25, 0.3) is 0 Å². The minimum absolute atomic E-state index is 0.243. The van der Waals surface area contributed by atoms with Crippen LogP contribution in [0.4, 0.5) is 5.69 Å². The van der Waals surface area contributed by atoms with Gasteiger partial charge in [0.15, 0.2) is 0 Å². The van der Waals surface area contributed by atoms with Gasteiger partial charge in [0.1, 0.15) is 0 Å². The number of ether oxygens (including phenoxy) is 1. The van der Waals surface area contributed by atoms with Gasteiger partial charge in [-0.1, -0.05) is 25.3 Å². The third-order valence-electron chi connectivity index (χ3n) is 5.18. The maximum atomic E-state index is 12.6. The van der Waals surface area contributed by atoms with Crippen LogP contribution in [0.1, 0.15) is 42.5 Å². The zero-order valence-electron chi connectivity index (χ0n) is 14.4. The predicted octanol–water partition coefficient (Wildman–Crippen LogP) is 2.70. The van der Waals surface area contributed by atoms with Crippen molar-refractivity contribution in [2.45, 2.75) is 32.1 Å². The first-order valence-electron chi connectivity index (χ1n) is 8.91. The van der Waals surface area contributed by atoms with Gasteiger partial charge >= 0.3 is 5.97 Å². The minimum Gasteiger partial charge on any atom is -0.465 e. The van der Waals surface area contributed by atoms with Crippen molar-refractivity contribution in [2.75, 3.05) is 38.2 Å². The number of carbonyl (C=O) groups excluding carboxylic acids is 2. The van der Waals surface area contributed by atoms with E-state index in [9.17, 15) is 9.59 Å². The van der Waals surface area contributed by atoms with Gasteiger partial charge in [0.05, 0.1) is 12.7 Å². The van der Waals surface area contributed by atoms with Gasteiger partial charge in [0.2, 0.25) is 5.91 Å². The molecule has 0 spiro atoms. The Morgan fingerprint density at radius 3 is 2.42 bits per heavy atom. The van der Waals surface area contributed by atoms with Crippen molar-refractivity contribution >= 4 is 17.6 Å². The first kappa shape index (κ1) is 16.8. The van der Waals surface area contributed by atoms with Crippen molar-refractivity contribution in [3.63, 3.8) is 0 Å². The molecule has 1 aliphatic carbocycles. The quantitative estimate of drug-likeness (QED) is 0.800. The lowest BCUT2D eigenvalue weighted by molar-refractivity contribution is -0.136. The molecular formula is C19H26N2O3. The monoisotopic (exact) mass is 330 g/mol. The Hall–Kier alpha value is -2.04. The van der Waals surface area contributed by atoms with Crippen LogP contribution in [0.3, 0.4) is 0 Å². The van der Waals surface area contributed by atoms with E-state index in [0.717, 1.165) is 44.7 Å². The predicted molar refractivity (Wildman–Crippen MR) is 93.1 cm³/mol. The Kier molecular flexibility index (Phi) is 5.38. The lowest BCUT2D eigenvalue weighted by Crippen LogP contribution is -2.50. The molecule has 2 fully saturated rings. The van der Waals surface area contributed by atoms with Crippen LogP contribution in [0.2, 0.25) is 0 Å². The standard InChI is InChI=1S/C19H26N2O3/c1-24-19(23)16-8-5-9-17(14-16)20-10-12-21(13-11-20)18(22)15-6-3-2-4-7-15/h5,8-9,14-15H,2-4,6-7,10-13H2,1H3. The summed E-state index contributed by atoms with van der Waals surface area (Å²) in [5.41, 5.74) is 1.58. The SMILES string of the molecule is COC(=O)c1cccc(N2CCN(C(=O)C3CCCCC3)CC2)c1. The fraction of sp³-hybridized carbons (Fsp3) is 0.579. The number of amides is 1. The molecule has 1 saturated carbocycles. The molecule has 0 N–H and O–H groups in total. The molecule has 1 aliphatic heterocycles. The molecule has 0 aromatic heterocycles. The van der Waals surface area contributed by atoms with E-state index in [1.165, 1.54) is 26.4 Å². The largest absolute Gasteiger partial charge is 0.465 e. The second-order valence-corrected chi connectivity index (χ2v) is 6.69. The second-order valence-electron chi connectivity index (χ2n) is 6.69. The van der Waals surface area contributed by atoms with Crippen molar-refractivity contribution in [3.05, 3.63) is 29.8 Å². The number of esters is 1. The summed E-state index contributed by atoms with van der Waals surface area (Å²) in [7, 11) is 1.39. The van der Waals surface area contributed by atoms with Crippen molar-refractivity contribution < 1.29 is 14.3 Å². The first-order valence-corrected chi connectivity index (χ1v) is 8.91. The van der Waals surface area contributed by atoms with E-state index in [1.807, 2.05) is 23.1 Å². The third-order valence-corrected chi connectivity index (χ3v) is 5.18. The molecule has 1 amide bonds. The van der Waals surface area contributed by atoms with Gasteiger partial charge in [-0.05, 0) is 31.0 Å². The molecule has 3 rings (SSSR count). The number of nitrogens with zero attached hydrogens (tertiary/aromatic N) is 2. The molecule has 0 atom stereocenters. The lowest BCUT2D eigenvalue weighted by atomic mass is 9.88. The summed E-state index contributed by atoms with van der Waals surface area (Å²) in [5, 5.41) is 0. The van der Waals surface area contributed by atoms with E-state index < -0.39 is 0 Å². The van der Waals surface area contributed by atoms with Crippen LogP contribution in [0.15, 0.2) is 24.3 Å². The van der Waals surface area contributed by atoms with Gasteiger partial charge in [-0.3, -0.25) is 4.79 Å². The Balaban J connectivity index is 1.58. The van der Waals surface area contributed by atoms with Crippen molar-refractivity contribution in [1.82, 2.24) is 4.90 Å². The summed E-state index contributed by atoms with van der Waals surface area (Å²) in [5.74, 6) is 0.272. The minimum atomic E-state index is -0.317. The topological polar surface area (TPSA) is 49.9 Å². The Labute approximate surface area is 143 Å². The highest BCUT2D eigenvalue weighted by molar-refractivity contribution is 5.90. The van der Waals surface area contributed by atoms with Crippen molar-refractivity contribution in [2.24, 2.45) is 5.92 Å². The summed E-state index contributed by atoms with van der Waals surface area (Å²) >= 11 is 0. The molecule has 1 heterocycles. The van der Waals surface area contributed by atoms with Crippen LogP contribution < -0.4 is 4.90 Å². The van der Waals surface area contributed by atoms with E-state index in [0.29, 0.717) is 11.5 Å². The summed E-state index contributed by atoms with van der Waals surface area (Å²) in [4.78, 5) is 28.6. The molecule has 130 valence electrons. The van der Waals surface area contributed by atoms with E-state index >= 15 is 0 Å². The molecule has 5 heteroatoms. The van der Waals surface area contributed by atoms with Crippen LogP contribution in [0.25, 0.3) is 0 Å². The summed E-state index contributed by atoms with van der Waals surface area (Å²) < 4.78 is 4.78. The van der Waals surface area contributed by atoms with Crippen molar-refractivity contribution in [3.8, 4) is 0 Å². The summed E-state index contributed by atoms with van der Waals surface area (Å²) in [6.07, 6.45) is 5.77. The highest BCUT2D eigenvalue weighted by Gasteiger charge is 2.28. The fourth-order valence-electron chi connectivity index (χ4n) is 3.74. The number of piperazine rings is 1. The average molecular weight is 330 g/mol. The van der Waals surface area contributed by atoms with Crippen LogP contribution in [-0.2, 0) is 9.53 Å². The number of rotatable bonds is 3. The zero-order chi connectivity index (χ0) is 16.9. The number of methoxy groups -OCH3 is 1. The maximum Gasteiger partial charge on any atom is 0.337 e. The molecule has 0 radical (unpaired) electrons. The molecule has 1 saturated heterocycles. The highest BCUT2D eigenvalue weighted by Crippen LogP contribution is 2.26. The molecule has 2 aliphatic rings. The highest BCUT2D eigenvalue weighted by atomic mass is 16.5. The molecule has 1 aromatic rings. The van der Waals surface area contributed by atoms with Gasteiger partial charge in [-0.2, -0.15) is 0 Å². The Bertz CT molecular complexity index is 588. The van der Waals surface area contributed by atoms with Crippen LogP contribution in [0, 0.1) is 5.92 Å². The van der Waals surface area contributed by atoms with Gasteiger partial charge < -0.3 is 14.5 Å². The normalized spacial score (nSPS) is 19.2. The molecule has 24 heavy (non-hydrogen) atoms. The molecular weight excluding hydrogens is 304 g/mol. The van der Waals surface area contributed by atoms with Gasteiger partial charge in [-0.25, -0.2) is 4.79 Å². The number of carbonyl (C=O) groups is 2. The fourth-order valence-corrected chi connectivity index (χ4v) is 3.74. The third kappa shape index (κ3) is 3.71. The van der Waals surface area contributed by atoms with Gasteiger partial charge in [0, 0.05) is 37.8 Å². The van der Waals surface area contributed by atoms with E-state index in [2.05, 4.69) is 4.90 Å². The maximum absolute atomic E-state index is 12.6. The van der Waals surface area contributed by atoms with E-state index in [4.69, 9.17) is 4.74 Å². The lowest BCUT2D eigenvalue weighted by Gasteiger charge is -2.38. The van der Waals surface area contributed by atoms with E-state index in [1.54, 1.807) is 6.07 Å². The number of hydrogen-bond donors (Lipinski definition) is 0. The van der Waals surface area contributed by atoms with Crippen LogP contribution in [-0.4, -0.2) is 50.1 Å². The zero-order valence-corrected chi connectivity index (χ0v) is 14.4. The number of hydrogen-bond acceptors (Lipinski definition) is 4. The Morgan fingerprint density at radius 1 is 1.04 bits per heavy atom. The second kappa shape index (κ2) is 7.69. The molecule has 0 bridgehead atoms. The number of anilines is 1. The Morgan fingerprint density at radius 2 is 1.75 bits per heavy atom. The van der Waals surface area contributed by atoms with Crippen LogP contribution in [0.5, 0.6) is 0 Å². The molecule has 5 nitrogen and oxygen atoms in total. The summed E-state index contributed by atoms with van der Waals surface area (Å²) in [6.45, 7) is 3.14. The molecule has 1 aromatic carbocycles. The summed E-state index contributed by atoms with van der Waals surface area (Å²) in [6, 6.07) is 7.51. The molecule has 0 unspecified atom stereocenters. The van der Waals surface area contributed by atoms with Crippen molar-refractivity contribution in [1.29, 1.82) is 0 Å².